The number of methoxy groups -OCH3 is 1. The number of para-hydroxylation sites is 1. The standard InChI is InChI=1S/C30H28N2O4S/c1-20-10-13-24(14-11-20)37(34,35)32-19-27(25-8-3-4-9-30(25)36-2)26-17-22(12-15-28(26)32)21-6-5-7-23(16-21)29(33)18-31/h3-17,19,29,33H,18,31H2,1-2H3. The Balaban J connectivity index is 1.76. The molecule has 7 heteroatoms. The molecule has 0 aliphatic heterocycles. The van der Waals surface area contributed by atoms with Gasteiger partial charge in [0.2, 0.25) is 0 Å². The fraction of sp³-hybridized carbons (Fsp3) is 0.133. The molecule has 0 amide bonds. The molecule has 0 aliphatic rings. The van der Waals surface area contributed by atoms with Gasteiger partial charge in [-0.1, -0.05) is 60.2 Å². The number of aryl methyl sites for hydroxylation is 1. The van der Waals surface area contributed by atoms with Crippen molar-refractivity contribution in [2.24, 2.45) is 5.73 Å². The van der Waals surface area contributed by atoms with Crippen LogP contribution in [0.1, 0.15) is 17.2 Å². The van der Waals surface area contributed by atoms with E-state index in [9.17, 15) is 13.5 Å². The molecule has 0 aliphatic carbocycles. The van der Waals surface area contributed by atoms with Crippen LogP contribution in [0.15, 0.2) is 102 Å². The number of benzene rings is 4. The number of hydrogen-bond donors (Lipinski definition) is 2. The van der Waals surface area contributed by atoms with Crippen molar-refractivity contribution in [1.29, 1.82) is 0 Å². The number of rotatable bonds is 7. The topological polar surface area (TPSA) is 94.5 Å². The molecule has 0 spiro atoms. The smallest absolute Gasteiger partial charge is 0.268 e. The molecule has 1 heterocycles. The maximum atomic E-state index is 13.8. The van der Waals surface area contributed by atoms with Crippen molar-refractivity contribution < 1.29 is 18.3 Å². The van der Waals surface area contributed by atoms with E-state index < -0.39 is 16.1 Å². The summed E-state index contributed by atoms with van der Waals surface area (Å²) in [5.41, 5.74) is 11.2. The summed E-state index contributed by atoms with van der Waals surface area (Å²) < 4.78 is 34.5. The van der Waals surface area contributed by atoms with Crippen LogP contribution in [0.2, 0.25) is 0 Å². The number of hydrogen-bond acceptors (Lipinski definition) is 5. The Hall–Kier alpha value is -3.91. The van der Waals surface area contributed by atoms with Gasteiger partial charge in [0.15, 0.2) is 0 Å². The number of aromatic nitrogens is 1. The number of nitrogens with two attached hydrogens (primary N) is 1. The van der Waals surface area contributed by atoms with E-state index in [1.54, 1.807) is 37.6 Å². The van der Waals surface area contributed by atoms with E-state index in [4.69, 9.17) is 10.5 Å². The Bertz CT molecular complexity index is 1690. The second-order valence-corrected chi connectivity index (χ2v) is 10.8. The quantitative estimate of drug-likeness (QED) is 0.299. The monoisotopic (exact) mass is 512 g/mol. The van der Waals surface area contributed by atoms with Crippen LogP contribution in [0.4, 0.5) is 0 Å². The Morgan fingerprint density at radius 1 is 0.892 bits per heavy atom. The highest BCUT2D eigenvalue weighted by Gasteiger charge is 2.23. The lowest BCUT2D eigenvalue weighted by atomic mass is 9.97. The van der Waals surface area contributed by atoms with Crippen molar-refractivity contribution in [1.82, 2.24) is 3.97 Å². The first-order chi connectivity index (χ1) is 17.8. The summed E-state index contributed by atoms with van der Waals surface area (Å²) in [5, 5.41) is 11.0. The van der Waals surface area contributed by atoms with Crippen molar-refractivity contribution >= 4 is 20.9 Å². The number of aliphatic hydroxyl groups excluding tert-OH is 1. The number of fused-ring (bicyclic) bond motifs is 1. The van der Waals surface area contributed by atoms with E-state index in [-0.39, 0.29) is 11.4 Å². The van der Waals surface area contributed by atoms with E-state index >= 15 is 0 Å². The third-order valence-corrected chi connectivity index (χ3v) is 8.26. The van der Waals surface area contributed by atoms with Crippen LogP contribution in [-0.4, -0.2) is 31.2 Å². The molecule has 6 nitrogen and oxygen atoms in total. The predicted octanol–water partition coefficient (Wildman–Crippen LogP) is 5.52. The van der Waals surface area contributed by atoms with Crippen molar-refractivity contribution in [2.45, 2.75) is 17.9 Å². The summed E-state index contributed by atoms with van der Waals surface area (Å²) >= 11 is 0. The predicted molar refractivity (Wildman–Crippen MR) is 147 cm³/mol. The van der Waals surface area contributed by atoms with Crippen molar-refractivity contribution in [3.63, 3.8) is 0 Å². The van der Waals surface area contributed by atoms with Gasteiger partial charge in [-0.05, 0) is 60.0 Å². The Morgan fingerprint density at radius 3 is 2.35 bits per heavy atom. The van der Waals surface area contributed by atoms with Crippen LogP contribution in [-0.2, 0) is 10.0 Å². The zero-order chi connectivity index (χ0) is 26.2. The second-order valence-electron chi connectivity index (χ2n) is 8.97. The first-order valence-corrected chi connectivity index (χ1v) is 13.4. The number of nitrogens with zero attached hydrogens (tertiary/aromatic N) is 1. The summed E-state index contributed by atoms with van der Waals surface area (Å²) in [6.45, 7) is 2.05. The highest BCUT2D eigenvalue weighted by molar-refractivity contribution is 7.90. The molecule has 188 valence electrons. The lowest BCUT2D eigenvalue weighted by Crippen LogP contribution is -2.11. The van der Waals surface area contributed by atoms with Gasteiger partial charge in [0.1, 0.15) is 5.75 Å². The van der Waals surface area contributed by atoms with Gasteiger partial charge in [0.25, 0.3) is 10.0 Å². The van der Waals surface area contributed by atoms with E-state index in [0.29, 0.717) is 11.3 Å². The fourth-order valence-corrected chi connectivity index (χ4v) is 5.92. The van der Waals surface area contributed by atoms with E-state index in [1.165, 1.54) is 3.97 Å². The van der Waals surface area contributed by atoms with Gasteiger partial charge < -0.3 is 15.6 Å². The first kappa shape index (κ1) is 24.8. The molecule has 3 N–H and O–H groups in total. The average molecular weight is 513 g/mol. The third kappa shape index (κ3) is 4.53. The van der Waals surface area contributed by atoms with Gasteiger partial charge in [0, 0.05) is 29.3 Å². The van der Waals surface area contributed by atoms with Crippen LogP contribution >= 0.6 is 0 Å². The Morgan fingerprint density at radius 2 is 1.62 bits per heavy atom. The molecule has 5 aromatic rings. The highest BCUT2D eigenvalue weighted by Crippen LogP contribution is 2.39. The lowest BCUT2D eigenvalue weighted by molar-refractivity contribution is 0.187. The van der Waals surface area contributed by atoms with Crippen LogP contribution in [0.25, 0.3) is 33.2 Å². The molecule has 37 heavy (non-hydrogen) atoms. The average Bonchev–Trinajstić information content (AvgIpc) is 3.32. The maximum absolute atomic E-state index is 13.8. The summed E-state index contributed by atoms with van der Waals surface area (Å²) in [4.78, 5) is 0.217. The lowest BCUT2D eigenvalue weighted by Gasteiger charge is -2.11. The highest BCUT2D eigenvalue weighted by atomic mass is 32.2. The molecular formula is C30H28N2O4S. The van der Waals surface area contributed by atoms with Crippen molar-refractivity contribution in [3.05, 3.63) is 108 Å². The van der Waals surface area contributed by atoms with Crippen LogP contribution in [0.5, 0.6) is 5.75 Å². The van der Waals surface area contributed by atoms with Crippen LogP contribution in [0.3, 0.4) is 0 Å². The Kier molecular flexibility index (Phi) is 6.60. The van der Waals surface area contributed by atoms with E-state index in [0.717, 1.165) is 38.8 Å². The van der Waals surface area contributed by atoms with Gasteiger partial charge in [-0.25, -0.2) is 12.4 Å². The first-order valence-electron chi connectivity index (χ1n) is 11.9. The normalized spacial score (nSPS) is 12.5. The molecule has 0 fully saturated rings. The Labute approximate surface area is 216 Å². The molecule has 0 bridgehead atoms. The number of aliphatic hydroxyl groups is 1. The van der Waals surface area contributed by atoms with Crippen LogP contribution in [0, 0.1) is 6.92 Å². The minimum Gasteiger partial charge on any atom is -0.496 e. The largest absolute Gasteiger partial charge is 0.496 e. The molecule has 0 radical (unpaired) electrons. The molecule has 0 saturated heterocycles. The second kappa shape index (κ2) is 9.86. The zero-order valence-electron chi connectivity index (χ0n) is 20.6. The van der Waals surface area contributed by atoms with E-state index in [1.807, 2.05) is 73.7 Å². The third-order valence-electron chi connectivity index (χ3n) is 6.57. The molecule has 1 unspecified atom stereocenters. The minimum absolute atomic E-state index is 0.125. The molecule has 1 aromatic heterocycles. The zero-order valence-corrected chi connectivity index (χ0v) is 21.4. The van der Waals surface area contributed by atoms with Gasteiger partial charge in [0.05, 0.1) is 23.6 Å². The minimum atomic E-state index is -3.86. The molecular weight excluding hydrogens is 484 g/mol. The van der Waals surface area contributed by atoms with Gasteiger partial charge >= 0.3 is 0 Å². The molecule has 1 atom stereocenters. The van der Waals surface area contributed by atoms with Crippen molar-refractivity contribution in [3.8, 4) is 28.0 Å². The maximum Gasteiger partial charge on any atom is 0.268 e. The molecule has 0 saturated carbocycles. The SMILES string of the molecule is COc1ccccc1-c1cn(S(=O)(=O)c2ccc(C)cc2)c2ccc(-c3cccc(C(O)CN)c3)cc12. The summed E-state index contributed by atoms with van der Waals surface area (Å²) in [6.07, 6.45) is 0.907. The summed E-state index contributed by atoms with van der Waals surface area (Å²) in [5.74, 6) is 0.646. The van der Waals surface area contributed by atoms with Crippen molar-refractivity contribution in [2.75, 3.05) is 13.7 Å². The van der Waals surface area contributed by atoms with Crippen LogP contribution < -0.4 is 10.5 Å². The molecule has 4 aromatic carbocycles. The number of ether oxygens (including phenoxy) is 1. The molecule has 5 rings (SSSR count). The summed E-state index contributed by atoms with van der Waals surface area (Å²) in [6, 6.07) is 27.7. The summed E-state index contributed by atoms with van der Waals surface area (Å²) in [7, 11) is -2.26. The van der Waals surface area contributed by atoms with Gasteiger partial charge in [-0.3, -0.25) is 0 Å². The van der Waals surface area contributed by atoms with Gasteiger partial charge in [-0.2, -0.15) is 0 Å². The van der Waals surface area contributed by atoms with E-state index in [2.05, 4.69) is 0 Å². The fourth-order valence-electron chi connectivity index (χ4n) is 4.55. The van der Waals surface area contributed by atoms with Gasteiger partial charge in [-0.15, -0.1) is 0 Å².